The van der Waals surface area contributed by atoms with Crippen LogP contribution in [0.1, 0.15) is 22.2 Å². The number of aliphatic hydroxyl groups excluding tert-OH is 1. The molecule has 0 fully saturated rings. The highest BCUT2D eigenvalue weighted by Crippen LogP contribution is 2.27. The average molecular weight is 552 g/mol. The van der Waals surface area contributed by atoms with Crippen LogP contribution in [-0.2, 0) is 11.3 Å². The van der Waals surface area contributed by atoms with Crippen molar-refractivity contribution in [3.05, 3.63) is 82.6 Å². The largest absolute Gasteiger partial charge is 0.394 e. The van der Waals surface area contributed by atoms with E-state index >= 15 is 0 Å². The van der Waals surface area contributed by atoms with Crippen molar-refractivity contribution in [2.24, 2.45) is 0 Å². The molecule has 2 aromatic carbocycles. The molecule has 0 aliphatic rings. The number of hydrogen-bond acceptors (Lipinski definition) is 6. The van der Waals surface area contributed by atoms with Gasteiger partial charge in [-0.1, -0.05) is 36.0 Å². The summed E-state index contributed by atoms with van der Waals surface area (Å²) in [7, 11) is 0. The van der Waals surface area contributed by atoms with E-state index in [9.17, 15) is 23.5 Å². The van der Waals surface area contributed by atoms with Gasteiger partial charge in [0.2, 0.25) is 5.91 Å². The molecule has 2 amide bonds. The van der Waals surface area contributed by atoms with E-state index in [2.05, 4.69) is 43.3 Å². The minimum Gasteiger partial charge on any atom is -0.394 e. The molecule has 0 bridgehead atoms. The molecule has 3 rings (SSSR count). The van der Waals surface area contributed by atoms with Gasteiger partial charge in [0.1, 0.15) is 11.9 Å². The van der Waals surface area contributed by atoms with Gasteiger partial charge in [-0.2, -0.15) is 0 Å². The van der Waals surface area contributed by atoms with Gasteiger partial charge in [-0.25, -0.2) is 8.78 Å². The summed E-state index contributed by atoms with van der Waals surface area (Å²) in [6.45, 7) is 3.52. The first kappa shape index (κ1) is 25.5. The summed E-state index contributed by atoms with van der Waals surface area (Å²) in [5, 5.41) is 23.4. The van der Waals surface area contributed by atoms with Crippen LogP contribution in [0.25, 0.3) is 0 Å². The fraction of sp³-hybridized carbons (Fsp3) is 0.182. The number of thioether (sulfide) groups is 1. The van der Waals surface area contributed by atoms with Crippen molar-refractivity contribution in [2.75, 3.05) is 17.7 Å². The van der Waals surface area contributed by atoms with E-state index in [0.717, 1.165) is 17.8 Å². The summed E-state index contributed by atoms with van der Waals surface area (Å²) in [4.78, 5) is 24.9. The van der Waals surface area contributed by atoms with Crippen LogP contribution in [0.15, 0.2) is 64.7 Å². The maximum atomic E-state index is 14.0. The molecule has 3 N–H and O–H groups in total. The van der Waals surface area contributed by atoms with E-state index in [0.29, 0.717) is 16.8 Å². The second-order valence-corrected chi connectivity index (χ2v) is 8.69. The molecule has 0 aliphatic heterocycles. The van der Waals surface area contributed by atoms with E-state index < -0.39 is 36.1 Å². The third-order valence-electron chi connectivity index (χ3n) is 4.50. The first-order chi connectivity index (χ1) is 16.3. The number of aromatic nitrogens is 3. The molecule has 178 valence electrons. The number of carbonyl (C=O) groups is 2. The molecule has 0 radical (unpaired) electrons. The predicted octanol–water partition coefficient (Wildman–Crippen LogP) is 3.70. The van der Waals surface area contributed by atoms with E-state index in [1.165, 1.54) is 0 Å². The first-order valence-corrected chi connectivity index (χ1v) is 11.7. The van der Waals surface area contributed by atoms with Gasteiger partial charge in [0.15, 0.2) is 16.8 Å². The fourth-order valence-electron chi connectivity index (χ4n) is 2.96. The zero-order valence-corrected chi connectivity index (χ0v) is 20.1. The van der Waals surface area contributed by atoms with Crippen molar-refractivity contribution < 1.29 is 23.5 Å². The number of carbonyl (C=O) groups excluding carboxylic acids is 2. The van der Waals surface area contributed by atoms with Crippen molar-refractivity contribution in [3.63, 3.8) is 0 Å². The Kier molecular flexibility index (Phi) is 8.91. The Labute approximate surface area is 206 Å². The third kappa shape index (κ3) is 6.27. The van der Waals surface area contributed by atoms with E-state index in [-0.39, 0.29) is 28.3 Å². The molecule has 1 atom stereocenters. The summed E-state index contributed by atoms with van der Waals surface area (Å²) < 4.78 is 28.9. The van der Waals surface area contributed by atoms with Crippen molar-refractivity contribution in [1.29, 1.82) is 0 Å². The average Bonchev–Trinajstić information content (AvgIpc) is 3.21. The van der Waals surface area contributed by atoms with Crippen LogP contribution in [0.3, 0.4) is 0 Å². The lowest BCUT2D eigenvalue weighted by atomic mass is 10.2. The Bertz CT molecular complexity index is 1170. The van der Waals surface area contributed by atoms with Gasteiger partial charge in [-0.3, -0.25) is 9.59 Å². The molecule has 0 unspecified atom stereocenters. The van der Waals surface area contributed by atoms with Gasteiger partial charge in [0.25, 0.3) is 5.91 Å². The summed E-state index contributed by atoms with van der Waals surface area (Å²) in [5.41, 5.74) is 0.241. The number of nitrogens with zero attached hydrogens (tertiary/aromatic N) is 3. The molecule has 3 aromatic rings. The molecule has 0 spiro atoms. The van der Waals surface area contributed by atoms with Crippen LogP contribution in [0.4, 0.5) is 14.5 Å². The van der Waals surface area contributed by atoms with Gasteiger partial charge in [-0.05, 0) is 34.1 Å². The van der Waals surface area contributed by atoms with Crippen molar-refractivity contribution in [1.82, 2.24) is 20.1 Å². The molecular formula is C22H20BrF2N5O3S. The highest BCUT2D eigenvalue weighted by Gasteiger charge is 2.23. The Morgan fingerprint density at radius 1 is 1.24 bits per heavy atom. The normalized spacial score (nSPS) is 11.6. The number of hydrogen-bond donors (Lipinski definition) is 3. The van der Waals surface area contributed by atoms with Crippen molar-refractivity contribution >= 4 is 45.2 Å². The molecule has 0 saturated heterocycles. The van der Waals surface area contributed by atoms with Gasteiger partial charge in [0.05, 0.1) is 18.0 Å². The molecular weight excluding hydrogens is 532 g/mol. The third-order valence-corrected chi connectivity index (χ3v) is 6.09. The summed E-state index contributed by atoms with van der Waals surface area (Å²) in [6.07, 6.45) is 1.58. The molecule has 0 saturated carbocycles. The topological polar surface area (TPSA) is 109 Å². The number of anilines is 1. The number of benzene rings is 2. The summed E-state index contributed by atoms with van der Waals surface area (Å²) in [6, 6.07) is 9.35. The highest BCUT2D eigenvalue weighted by molar-refractivity contribution is 9.10. The van der Waals surface area contributed by atoms with Gasteiger partial charge in [-0.15, -0.1) is 16.8 Å². The molecule has 0 aliphatic carbocycles. The summed E-state index contributed by atoms with van der Waals surface area (Å²) >= 11 is 4.04. The second kappa shape index (κ2) is 11.9. The van der Waals surface area contributed by atoms with Crippen LogP contribution < -0.4 is 10.6 Å². The van der Waals surface area contributed by atoms with Crippen molar-refractivity contribution in [3.8, 4) is 0 Å². The first-order valence-electron chi connectivity index (χ1n) is 9.92. The van der Waals surface area contributed by atoms with E-state index in [1.807, 2.05) is 0 Å². The maximum Gasteiger partial charge on any atom is 0.251 e. The van der Waals surface area contributed by atoms with Crippen molar-refractivity contribution in [2.45, 2.75) is 17.7 Å². The minimum absolute atomic E-state index is 0.0698. The molecule has 34 heavy (non-hydrogen) atoms. The van der Waals surface area contributed by atoms with Crippen LogP contribution in [0.2, 0.25) is 0 Å². The molecule has 1 aromatic heterocycles. The summed E-state index contributed by atoms with van der Waals surface area (Å²) in [5.74, 6) is -2.52. The van der Waals surface area contributed by atoms with E-state index in [1.54, 1.807) is 41.0 Å². The van der Waals surface area contributed by atoms with Gasteiger partial charge < -0.3 is 20.3 Å². The number of halogens is 3. The van der Waals surface area contributed by atoms with E-state index in [4.69, 9.17) is 0 Å². The lowest BCUT2D eigenvalue weighted by Gasteiger charge is -2.17. The standard InChI is InChI=1S/C22H20BrF2N5O3S/c1-2-8-30-20(17(11-31)26-21(33)13-6-4-3-5-7-13)28-29-22(30)34-12-18(32)27-19-15(23)9-14(24)10-16(19)25/h2-7,9-10,17,31H,1,8,11-12H2,(H,26,33)(H,27,32)/t17-/m0/s1. The molecule has 12 heteroatoms. The highest BCUT2D eigenvalue weighted by atomic mass is 79.9. The zero-order chi connectivity index (χ0) is 24.7. The van der Waals surface area contributed by atoms with Crippen LogP contribution >= 0.6 is 27.7 Å². The lowest BCUT2D eigenvalue weighted by Crippen LogP contribution is -2.33. The minimum atomic E-state index is -0.915. The van der Waals surface area contributed by atoms with Gasteiger partial charge >= 0.3 is 0 Å². The number of aliphatic hydroxyl groups is 1. The van der Waals surface area contributed by atoms with Crippen LogP contribution in [-0.4, -0.2) is 44.0 Å². The van der Waals surface area contributed by atoms with Gasteiger partial charge in [0, 0.05) is 22.6 Å². The SMILES string of the molecule is C=CCn1c(SCC(=O)Nc2c(F)cc(F)cc2Br)nnc1[C@H](CO)NC(=O)c1ccccc1. The Hall–Kier alpha value is -3.09. The zero-order valence-electron chi connectivity index (χ0n) is 17.7. The fourth-order valence-corrected chi connectivity index (χ4v) is 4.22. The number of nitrogens with one attached hydrogen (secondary N) is 2. The smallest absolute Gasteiger partial charge is 0.251 e. The second-order valence-electron chi connectivity index (χ2n) is 6.90. The number of rotatable bonds is 10. The Morgan fingerprint density at radius 3 is 2.62 bits per heavy atom. The quantitative estimate of drug-likeness (QED) is 0.262. The Balaban J connectivity index is 1.72. The number of allylic oxidation sites excluding steroid dienone is 1. The van der Waals surface area contributed by atoms with Crippen LogP contribution in [0.5, 0.6) is 0 Å². The predicted molar refractivity (Wildman–Crippen MR) is 127 cm³/mol. The monoisotopic (exact) mass is 551 g/mol. The maximum absolute atomic E-state index is 14.0. The molecule has 1 heterocycles. The number of amides is 2. The Morgan fingerprint density at radius 2 is 1.97 bits per heavy atom. The van der Waals surface area contributed by atoms with Crippen LogP contribution in [0, 0.1) is 11.6 Å². The molecule has 8 nitrogen and oxygen atoms in total. The lowest BCUT2D eigenvalue weighted by molar-refractivity contribution is -0.113.